The van der Waals surface area contributed by atoms with Gasteiger partial charge in [0.25, 0.3) is 0 Å². The van der Waals surface area contributed by atoms with Gasteiger partial charge in [-0.3, -0.25) is 4.68 Å². The number of hydrogen-bond donors (Lipinski definition) is 1. The molecule has 0 amide bonds. The molecule has 0 saturated carbocycles. The summed E-state index contributed by atoms with van der Waals surface area (Å²) in [5, 5.41) is 9.21. The van der Waals surface area contributed by atoms with Gasteiger partial charge in [-0.1, -0.05) is 32.0 Å². The molecular weight excluding hydrogens is 266 g/mol. The van der Waals surface area contributed by atoms with Crippen LogP contribution in [0.4, 0.5) is 0 Å². The molecule has 0 aliphatic rings. The van der Waals surface area contributed by atoms with Gasteiger partial charge < -0.3 is 5.32 Å². The first kappa shape index (κ1) is 13.3. The Morgan fingerprint density at radius 3 is 2.85 bits per heavy atom. The molecule has 0 unspecified atom stereocenters. The van der Waals surface area contributed by atoms with Crippen LogP contribution in [0.2, 0.25) is 0 Å². The fraction of sp³-hybridized carbons (Fsp3) is 0.312. The fourth-order valence-corrected chi connectivity index (χ4v) is 3.48. The highest BCUT2D eigenvalue weighted by molar-refractivity contribution is 7.19. The van der Waals surface area contributed by atoms with Crippen LogP contribution in [0, 0.1) is 0 Å². The number of benzene rings is 1. The van der Waals surface area contributed by atoms with Crippen LogP contribution in [0.3, 0.4) is 0 Å². The zero-order chi connectivity index (χ0) is 13.9. The summed E-state index contributed by atoms with van der Waals surface area (Å²) in [5.41, 5.74) is 1.39. The van der Waals surface area contributed by atoms with Crippen molar-refractivity contribution < 1.29 is 0 Å². The predicted octanol–water partition coefficient (Wildman–Crippen LogP) is 3.64. The van der Waals surface area contributed by atoms with E-state index in [0.717, 1.165) is 13.1 Å². The number of aromatic nitrogens is 2. The summed E-state index contributed by atoms with van der Waals surface area (Å²) < 4.78 is 3.35. The average Bonchev–Trinajstić information content (AvgIpc) is 3.05. The molecule has 3 rings (SSSR count). The Labute approximate surface area is 123 Å². The lowest BCUT2D eigenvalue weighted by atomic mass is 10.1. The molecule has 1 aromatic carbocycles. The van der Waals surface area contributed by atoms with Crippen molar-refractivity contribution in [1.29, 1.82) is 0 Å². The summed E-state index contributed by atoms with van der Waals surface area (Å²) in [6.07, 6.45) is 3.85. The summed E-state index contributed by atoms with van der Waals surface area (Å²) in [5.74, 6) is 0. The highest BCUT2D eigenvalue weighted by Crippen LogP contribution is 2.31. The predicted molar refractivity (Wildman–Crippen MR) is 85.1 cm³/mol. The molecule has 4 heteroatoms. The molecule has 1 N–H and O–H groups in total. The molecule has 0 saturated heterocycles. The number of rotatable bonds is 5. The first-order chi connectivity index (χ1) is 9.74. The van der Waals surface area contributed by atoms with Crippen molar-refractivity contribution in [2.24, 2.45) is 0 Å². The maximum atomic E-state index is 4.34. The third-order valence-electron chi connectivity index (χ3n) is 3.33. The van der Waals surface area contributed by atoms with E-state index in [4.69, 9.17) is 0 Å². The summed E-state index contributed by atoms with van der Waals surface area (Å²) in [6.45, 7) is 6.13. The molecular formula is C16H19N3S. The Bertz CT molecular complexity index is 683. The molecule has 20 heavy (non-hydrogen) atoms. The van der Waals surface area contributed by atoms with Gasteiger partial charge in [0.15, 0.2) is 0 Å². The van der Waals surface area contributed by atoms with E-state index < -0.39 is 0 Å². The Morgan fingerprint density at radius 1 is 1.25 bits per heavy atom. The molecule has 0 aliphatic heterocycles. The van der Waals surface area contributed by atoms with Gasteiger partial charge in [0.1, 0.15) is 0 Å². The molecule has 0 bridgehead atoms. The molecule has 0 spiro atoms. The van der Waals surface area contributed by atoms with Crippen LogP contribution in [-0.4, -0.2) is 15.8 Å². The van der Waals surface area contributed by atoms with Crippen molar-refractivity contribution in [2.45, 2.75) is 33.0 Å². The molecule has 3 aromatic rings. The van der Waals surface area contributed by atoms with Crippen molar-refractivity contribution in [3.05, 3.63) is 53.2 Å². The number of hydrogen-bond acceptors (Lipinski definition) is 3. The van der Waals surface area contributed by atoms with Crippen molar-refractivity contribution in [1.82, 2.24) is 15.1 Å². The third-order valence-corrected chi connectivity index (χ3v) is 4.55. The minimum Gasteiger partial charge on any atom is -0.310 e. The normalized spacial score (nSPS) is 11.6. The van der Waals surface area contributed by atoms with Crippen LogP contribution in [0.5, 0.6) is 0 Å². The summed E-state index contributed by atoms with van der Waals surface area (Å²) in [7, 11) is 0. The van der Waals surface area contributed by atoms with Gasteiger partial charge in [0.05, 0.1) is 6.54 Å². The quantitative estimate of drug-likeness (QED) is 0.775. The standard InChI is InChI=1S/C16H19N3S/c1-12(2)17-10-16-14(11-19-9-5-8-18-19)13-6-3-4-7-15(13)20-16/h3-9,12,17H,10-11H2,1-2H3. The van der Waals surface area contributed by atoms with Crippen LogP contribution in [0.1, 0.15) is 24.3 Å². The largest absolute Gasteiger partial charge is 0.310 e. The van der Waals surface area contributed by atoms with Gasteiger partial charge in [-0.05, 0) is 23.1 Å². The number of nitrogens with one attached hydrogen (secondary N) is 1. The average molecular weight is 285 g/mol. The molecule has 3 nitrogen and oxygen atoms in total. The molecule has 0 fully saturated rings. The smallest absolute Gasteiger partial charge is 0.0676 e. The van der Waals surface area contributed by atoms with Gasteiger partial charge in [-0.15, -0.1) is 11.3 Å². The Kier molecular flexibility index (Phi) is 3.85. The topological polar surface area (TPSA) is 29.9 Å². The molecule has 0 atom stereocenters. The second kappa shape index (κ2) is 5.77. The zero-order valence-corrected chi connectivity index (χ0v) is 12.7. The second-order valence-electron chi connectivity index (χ2n) is 5.24. The van der Waals surface area contributed by atoms with E-state index in [0.29, 0.717) is 6.04 Å². The van der Waals surface area contributed by atoms with E-state index >= 15 is 0 Å². The van der Waals surface area contributed by atoms with Gasteiger partial charge in [-0.2, -0.15) is 5.10 Å². The minimum absolute atomic E-state index is 0.498. The number of thiophene rings is 1. The SMILES string of the molecule is CC(C)NCc1sc2ccccc2c1Cn1cccn1. The van der Waals surface area contributed by atoms with E-state index in [-0.39, 0.29) is 0 Å². The zero-order valence-electron chi connectivity index (χ0n) is 11.8. The molecule has 0 aliphatic carbocycles. The lowest BCUT2D eigenvalue weighted by Gasteiger charge is -2.09. The summed E-state index contributed by atoms with van der Waals surface area (Å²) >= 11 is 1.88. The summed E-state index contributed by atoms with van der Waals surface area (Å²) in [4.78, 5) is 1.41. The van der Waals surface area contributed by atoms with Crippen LogP contribution in [-0.2, 0) is 13.1 Å². The Morgan fingerprint density at radius 2 is 2.10 bits per heavy atom. The van der Waals surface area contributed by atoms with E-state index in [2.05, 4.69) is 48.5 Å². The molecule has 2 heterocycles. The van der Waals surface area contributed by atoms with Crippen molar-refractivity contribution in [3.8, 4) is 0 Å². The third kappa shape index (κ3) is 2.76. The molecule has 104 valence electrons. The summed E-state index contributed by atoms with van der Waals surface area (Å²) in [6, 6.07) is 11.1. The Hall–Kier alpha value is -1.65. The lowest BCUT2D eigenvalue weighted by molar-refractivity contribution is 0.588. The van der Waals surface area contributed by atoms with Gasteiger partial charge in [-0.25, -0.2) is 0 Å². The number of fused-ring (bicyclic) bond motifs is 1. The highest BCUT2D eigenvalue weighted by Gasteiger charge is 2.12. The first-order valence-corrected chi connectivity index (χ1v) is 7.76. The van der Waals surface area contributed by atoms with Crippen LogP contribution >= 0.6 is 11.3 Å². The number of nitrogens with zero attached hydrogens (tertiary/aromatic N) is 2. The highest BCUT2D eigenvalue weighted by atomic mass is 32.1. The van der Waals surface area contributed by atoms with Gasteiger partial charge >= 0.3 is 0 Å². The molecule has 0 radical (unpaired) electrons. The lowest BCUT2D eigenvalue weighted by Crippen LogP contribution is -2.22. The maximum absolute atomic E-state index is 4.34. The van der Waals surface area contributed by atoms with Crippen molar-refractivity contribution >= 4 is 21.4 Å². The minimum atomic E-state index is 0.498. The monoisotopic (exact) mass is 285 g/mol. The van der Waals surface area contributed by atoms with Crippen LogP contribution < -0.4 is 5.32 Å². The van der Waals surface area contributed by atoms with E-state index in [1.807, 2.05) is 34.5 Å². The van der Waals surface area contributed by atoms with Crippen molar-refractivity contribution in [2.75, 3.05) is 0 Å². The van der Waals surface area contributed by atoms with E-state index in [1.165, 1.54) is 20.5 Å². The van der Waals surface area contributed by atoms with Crippen LogP contribution in [0.15, 0.2) is 42.7 Å². The second-order valence-corrected chi connectivity index (χ2v) is 6.38. The van der Waals surface area contributed by atoms with Gasteiger partial charge in [0.2, 0.25) is 0 Å². The van der Waals surface area contributed by atoms with Gasteiger partial charge in [0, 0.05) is 34.6 Å². The maximum Gasteiger partial charge on any atom is 0.0676 e. The molecule has 2 aromatic heterocycles. The van der Waals surface area contributed by atoms with E-state index in [1.54, 1.807) is 0 Å². The van der Waals surface area contributed by atoms with Crippen molar-refractivity contribution in [3.63, 3.8) is 0 Å². The van der Waals surface area contributed by atoms with Crippen LogP contribution in [0.25, 0.3) is 10.1 Å². The van der Waals surface area contributed by atoms with E-state index in [9.17, 15) is 0 Å². The first-order valence-electron chi connectivity index (χ1n) is 6.94. The Balaban J connectivity index is 1.99. The fourth-order valence-electron chi connectivity index (χ4n) is 2.32.